The van der Waals surface area contributed by atoms with Crippen LogP contribution in [0.15, 0.2) is 29.5 Å². The maximum atomic E-state index is 11.8. The Kier molecular flexibility index (Phi) is 6.57. The molecule has 2 heterocycles. The standard InChI is InChI=1S/C15H21N3O3S/c1-2-4-16-14(19)15(20)17-10-13(12-3-9-22-11-12)18-5-7-21-8-6-18/h2-3,9,11,13H,1,4-8,10H2,(H,16,19)(H,17,20). The monoisotopic (exact) mass is 323 g/mol. The van der Waals surface area contributed by atoms with Gasteiger partial charge in [-0.3, -0.25) is 14.5 Å². The van der Waals surface area contributed by atoms with E-state index in [2.05, 4.69) is 33.6 Å². The number of carbonyl (C=O) groups excluding carboxylic acids is 2. The number of hydrogen-bond donors (Lipinski definition) is 2. The predicted molar refractivity (Wildman–Crippen MR) is 85.7 cm³/mol. The molecule has 0 bridgehead atoms. The number of rotatable bonds is 6. The van der Waals surface area contributed by atoms with Crippen LogP contribution in [0.2, 0.25) is 0 Å². The lowest BCUT2D eigenvalue weighted by Crippen LogP contribution is -2.46. The van der Waals surface area contributed by atoms with Crippen molar-refractivity contribution >= 4 is 23.2 Å². The third kappa shape index (κ3) is 4.66. The first-order valence-electron chi connectivity index (χ1n) is 7.23. The highest BCUT2D eigenvalue weighted by Gasteiger charge is 2.24. The minimum absolute atomic E-state index is 0.0614. The molecule has 6 nitrogen and oxygen atoms in total. The number of nitrogens with zero attached hydrogens (tertiary/aromatic N) is 1. The SMILES string of the molecule is C=CCNC(=O)C(=O)NCC(c1ccsc1)N1CCOCC1. The Labute approximate surface area is 134 Å². The maximum Gasteiger partial charge on any atom is 0.309 e. The topological polar surface area (TPSA) is 70.7 Å². The van der Waals surface area contributed by atoms with Gasteiger partial charge in [-0.1, -0.05) is 6.08 Å². The van der Waals surface area contributed by atoms with Crippen LogP contribution in [-0.4, -0.2) is 56.1 Å². The molecule has 22 heavy (non-hydrogen) atoms. The molecule has 2 rings (SSSR count). The van der Waals surface area contributed by atoms with Crippen molar-refractivity contribution in [2.75, 3.05) is 39.4 Å². The zero-order valence-corrected chi connectivity index (χ0v) is 13.2. The molecule has 7 heteroatoms. The third-order valence-electron chi connectivity index (χ3n) is 3.48. The molecule has 0 saturated carbocycles. The van der Waals surface area contributed by atoms with Crippen LogP contribution in [-0.2, 0) is 14.3 Å². The second-order valence-corrected chi connectivity index (χ2v) is 5.71. The highest BCUT2D eigenvalue weighted by molar-refractivity contribution is 7.07. The summed E-state index contributed by atoms with van der Waals surface area (Å²) in [4.78, 5) is 25.7. The van der Waals surface area contributed by atoms with E-state index in [0.29, 0.717) is 19.8 Å². The van der Waals surface area contributed by atoms with Gasteiger partial charge in [-0.2, -0.15) is 11.3 Å². The van der Waals surface area contributed by atoms with E-state index >= 15 is 0 Å². The van der Waals surface area contributed by atoms with Crippen molar-refractivity contribution in [3.63, 3.8) is 0 Å². The molecule has 0 radical (unpaired) electrons. The molecule has 1 fully saturated rings. The summed E-state index contributed by atoms with van der Waals surface area (Å²) < 4.78 is 5.38. The van der Waals surface area contributed by atoms with Crippen LogP contribution in [0.5, 0.6) is 0 Å². The third-order valence-corrected chi connectivity index (χ3v) is 4.19. The summed E-state index contributed by atoms with van der Waals surface area (Å²) in [6, 6.07) is 2.11. The average molecular weight is 323 g/mol. The van der Waals surface area contributed by atoms with E-state index in [0.717, 1.165) is 18.7 Å². The fraction of sp³-hybridized carbons (Fsp3) is 0.467. The molecule has 1 aromatic rings. The summed E-state index contributed by atoms with van der Waals surface area (Å²) in [5.74, 6) is -1.25. The van der Waals surface area contributed by atoms with Crippen molar-refractivity contribution in [3.8, 4) is 0 Å². The summed E-state index contributed by atoms with van der Waals surface area (Å²) in [6.45, 7) is 7.19. The fourth-order valence-electron chi connectivity index (χ4n) is 2.33. The number of thiophene rings is 1. The van der Waals surface area contributed by atoms with Gasteiger partial charge in [0.1, 0.15) is 0 Å². The number of morpholine rings is 1. The molecular formula is C15H21N3O3S. The van der Waals surface area contributed by atoms with Crippen LogP contribution in [0.25, 0.3) is 0 Å². The molecule has 2 amide bonds. The molecule has 1 aromatic heterocycles. The van der Waals surface area contributed by atoms with Gasteiger partial charge in [-0.05, 0) is 22.4 Å². The van der Waals surface area contributed by atoms with Gasteiger partial charge in [0.05, 0.1) is 19.3 Å². The van der Waals surface area contributed by atoms with E-state index in [9.17, 15) is 9.59 Å². The number of carbonyl (C=O) groups is 2. The average Bonchev–Trinajstić information content (AvgIpc) is 3.08. The van der Waals surface area contributed by atoms with Crippen LogP contribution >= 0.6 is 11.3 Å². The van der Waals surface area contributed by atoms with Crippen LogP contribution in [0.4, 0.5) is 0 Å². The lowest BCUT2D eigenvalue weighted by molar-refractivity contribution is -0.139. The zero-order chi connectivity index (χ0) is 15.8. The number of amides is 2. The Bertz CT molecular complexity index is 498. The summed E-state index contributed by atoms with van der Waals surface area (Å²) in [7, 11) is 0. The van der Waals surface area contributed by atoms with E-state index in [1.807, 2.05) is 5.38 Å². The van der Waals surface area contributed by atoms with E-state index in [-0.39, 0.29) is 12.6 Å². The van der Waals surface area contributed by atoms with E-state index in [4.69, 9.17) is 4.74 Å². The molecule has 0 aromatic carbocycles. The first kappa shape index (κ1) is 16.7. The van der Waals surface area contributed by atoms with Crippen LogP contribution in [0.1, 0.15) is 11.6 Å². The highest BCUT2D eigenvalue weighted by Crippen LogP contribution is 2.23. The van der Waals surface area contributed by atoms with E-state index in [1.54, 1.807) is 11.3 Å². The summed E-state index contributed by atoms with van der Waals surface area (Å²) >= 11 is 1.62. The Hall–Kier alpha value is -1.70. The number of ether oxygens (including phenoxy) is 1. The Morgan fingerprint density at radius 1 is 1.36 bits per heavy atom. The zero-order valence-electron chi connectivity index (χ0n) is 12.4. The Balaban J connectivity index is 1.93. The molecule has 1 saturated heterocycles. The molecule has 0 aliphatic carbocycles. The van der Waals surface area contributed by atoms with Crippen molar-refractivity contribution in [1.29, 1.82) is 0 Å². The summed E-state index contributed by atoms with van der Waals surface area (Å²) in [5, 5.41) is 9.27. The smallest absolute Gasteiger partial charge is 0.309 e. The van der Waals surface area contributed by atoms with Gasteiger partial charge in [0.2, 0.25) is 0 Å². The maximum absolute atomic E-state index is 11.8. The number of hydrogen-bond acceptors (Lipinski definition) is 5. The van der Waals surface area contributed by atoms with Gasteiger partial charge >= 0.3 is 11.8 Å². The molecular weight excluding hydrogens is 302 g/mol. The van der Waals surface area contributed by atoms with Crippen molar-refractivity contribution in [2.45, 2.75) is 6.04 Å². The van der Waals surface area contributed by atoms with Crippen molar-refractivity contribution < 1.29 is 14.3 Å². The van der Waals surface area contributed by atoms with Gasteiger partial charge in [0.25, 0.3) is 0 Å². The lowest BCUT2D eigenvalue weighted by atomic mass is 10.1. The number of nitrogens with one attached hydrogen (secondary N) is 2. The van der Waals surface area contributed by atoms with Gasteiger partial charge in [0, 0.05) is 26.2 Å². The summed E-state index contributed by atoms with van der Waals surface area (Å²) in [5.41, 5.74) is 1.15. The molecule has 2 N–H and O–H groups in total. The minimum Gasteiger partial charge on any atom is -0.379 e. The van der Waals surface area contributed by atoms with Crippen LogP contribution < -0.4 is 10.6 Å². The molecule has 1 aliphatic heterocycles. The van der Waals surface area contributed by atoms with E-state index in [1.165, 1.54) is 6.08 Å². The van der Waals surface area contributed by atoms with Crippen molar-refractivity contribution in [3.05, 3.63) is 35.0 Å². The van der Waals surface area contributed by atoms with Crippen LogP contribution in [0, 0.1) is 0 Å². The van der Waals surface area contributed by atoms with Gasteiger partial charge in [-0.25, -0.2) is 0 Å². The Morgan fingerprint density at radius 2 is 2.09 bits per heavy atom. The fourth-order valence-corrected chi connectivity index (χ4v) is 3.03. The van der Waals surface area contributed by atoms with E-state index < -0.39 is 11.8 Å². The summed E-state index contributed by atoms with van der Waals surface area (Å²) in [6.07, 6.45) is 1.53. The predicted octanol–water partition coefficient (Wildman–Crippen LogP) is 0.540. The van der Waals surface area contributed by atoms with Crippen molar-refractivity contribution in [2.24, 2.45) is 0 Å². The second kappa shape index (κ2) is 8.67. The molecule has 1 aliphatic rings. The molecule has 120 valence electrons. The molecule has 1 unspecified atom stereocenters. The second-order valence-electron chi connectivity index (χ2n) is 4.93. The first-order chi connectivity index (χ1) is 10.7. The largest absolute Gasteiger partial charge is 0.379 e. The minimum atomic E-state index is -0.633. The normalized spacial score (nSPS) is 16.7. The van der Waals surface area contributed by atoms with Crippen molar-refractivity contribution in [1.82, 2.24) is 15.5 Å². The first-order valence-corrected chi connectivity index (χ1v) is 8.17. The Morgan fingerprint density at radius 3 is 2.73 bits per heavy atom. The van der Waals surface area contributed by atoms with Gasteiger partial charge in [-0.15, -0.1) is 6.58 Å². The highest BCUT2D eigenvalue weighted by atomic mass is 32.1. The quantitative estimate of drug-likeness (QED) is 0.592. The van der Waals surface area contributed by atoms with Gasteiger partial charge < -0.3 is 15.4 Å². The lowest BCUT2D eigenvalue weighted by Gasteiger charge is -2.34. The molecule has 0 spiro atoms. The van der Waals surface area contributed by atoms with Gasteiger partial charge in [0.15, 0.2) is 0 Å². The molecule has 1 atom stereocenters. The van der Waals surface area contributed by atoms with Crippen LogP contribution in [0.3, 0.4) is 0 Å².